The van der Waals surface area contributed by atoms with E-state index in [0.717, 1.165) is 0 Å². The lowest BCUT2D eigenvalue weighted by atomic mass is 10.2. The number of aromatic carboxylic acids is 1. The summed E-state index contributed by atoms with van der Waals surface area (Å²) in [6.45, 7) is 0.146. The second-order valence-corrected chi connectivity index (χ2v) is 3.51. The van der Waals surface area contributed by atoms with Gasteiger partial charge in [-0.1, -0.05) is 0 Å². The molecule has 0 aliphatic rings. The maximum atomic E-state index is 11.6. The van der Waals surface area contributed by atoms with Crippen molar-refractivity contribution in [2.75, 3.05) is 19.8 Å². The third-order valence-electron chi connectivity index (χ3n) is 2.02. The first-order valence-corrected chi connectivity index (χ1v) is 5.34. The highest BCUT2D eigenvalue weighted by molar-refractivity contribution is 5.94. The van der Waals surface area contributed by atoms with E-state index in [0.29, 0.717) is 0 Å². The zero-order chi connectivity index (χ0) is 14.3. The van der Waals surface area contributed by atoms with Crippen molar-refractivity contribution >= 4 is 17.8 Å². The van der Waals surface area contributed by atoms with Gasteiger partial charge in [-0.2, -0.15) is 0 Å². The molecule has 0 fully saturated rings. The Labute approximate surface area is 108 Å². The minimum absolute atomic E-state index is 0.138. The van der Waals surface area contributed by atoms with Crippen LogP contribution in [-0.2, 0) is 9.53 Å². The average molecular weight is 267 g/mol. The third-order valence-corrected chi connectivity index (χ3v) is 2.02. The maximum Gasteiger partial charge on any atom is 0.354 e. The number of hydrogen-bond acceptors (Lipinski definition) is 5. The molecule has 0 atom stereocenters. The summed E-state index contributed by atoms with van der Waals surface area (Å²) in [6.07, 6.45) is 1.17. The van der Waals surface area contributed by atoms with Gasteiger partial charge in [0.2, 0.25) is 5.91 Å². The molecule has 0 saturated carbocycles. The number of carbonyl (C=O) groups is 3. The largest absolute Gasteiger partial charge is 0.477 e. The Hall–Kier alpha value is -2.48. The van der Waals surface area contributed by atoms with Crippen LogP contribution in [-0.4, -0.2) is 47.6 Å². The van der Waals surface area contributed by atoms with Crippen LogP contribution in [0.3, 0.4) is 0 Å². The number of carboxylic acids is 1. The number of rotatable bonds is 7. The predicted molar refractivity (Wildman–Crippen MR) is 63.5 cm³/mol. The molecule has 0 bridgehead atoms. The number of ether oxygens (including phenoxy) is 1. The van der Waals surface area contributed by atoms with Crippen LogP contribution in [0.5, 0.6) is 0 Å². The number of aromatic nitrogens is 1. The molecular weight excluding hydrogens is 254 g/mol. The molecule has 0 radical (unpaired) electrons. The Morgan fingerprint density at radius 2 is 2.11 bits per heavy atom. The third kappa shape index (κ3) is 5.13. The molecule has 0 spiro atoms. The summed E-state index contributed by atoms with van der Waals surface area (Å²) in [6, 6.07) is 2.59. The van der Waals surface area contributed by atoms with Gasteiger partial charge >= 0.3 is 5.97 Å². The van der Waals surface area contributed by atoms with E-state index in [-0.39, 0.29) is 31.0 Å². The number of primary amides is 1. The molecule has 19 heavy (non-hydrogen) atoms. The minimum Gasteiger partial charge on any atom is -0.477 e. The molecule has 0 aromatic carbocycles. The van der Waals surface area contributed by atoms with Crippen LogP contribution < -0.4 is 11.1 Å². The zero-order valence-electron chi connectivity index (χ0n) is 9.96. The highest BCUT2D eigenvalue weighted by atomic mass is 16.5. The van der Waals surface area contributed by atoms with Crippen LogP contribution in [0.25, 0.3) is 0 Å². The van der Waals surface area contributed by atoms with E-state index in [1.54, 1.807) is 0 Å². The van der Waals surface area contributed by atoms with Gasteiger partial charge < -0.3 is 20.9 Å². The Kier molecular flexibility index (Phi) is 5.42. The lowest BCUT2D eigenvalue weighted by molar-refractivity contribution is -0.122. The van der Waals surface area contributed by atoms with E-state index < -0.39 is 17.8 Å². The quantitative estimate of drug-likeness (QED) is 0.543. The molecule has 1 aromatic heterocycles. The molecule has 0 unspecified atom stereocenters. The standard InChI is InChI=1S/C11H13N3O5/c12-9(15)6-19-4-3-13-10(16)7-1-2-8(11(17)18)14-5-7/h1-2,5H,3-4,6H2,(H2,12,15)(H,13,16)(H,17,18). The number of carboxylic acid groups (broad SMARTS) is 1. The number of pyridine rings is 1. The Morgan fingerprint density at radius 3 is 2.63 bits per heavy atom. The van der Waals surface area contributed by atoms with Gasteiger partial charge in [-0.15, -0.1) is 0 Å². The van der Waals surface area contributed by atoms with E-state index in [1.807, 2.05) is 0 Å². The fraction of sp³-hybridized carbons (Fsp3) is 0.273. The average Bonchev–Trinajstić information content (AvgIpc) is 2.37. The van der Waals surface area contributed by atoms with Gasteiger partial charge in [0, 0.05) is 12.7 Å². The molecular formula is C11H13N3O5. The molecule has 1 aromatic rings. The van der Waals surface area contributed by atoms with Crippen LogP contribution in [0, 0.1) is 0 Å². The van der Waals surface area contributed by atoms with Gasteiger partial charge in [-0.05, 0) is 12.1 Å². The SMILES string of the molecule is NC(=O)COCCNC(=O)c1ccc(C(=O)O)nc1. The predicted octanol–water partition coefficient (Wildman–Crippen LogP) is -0.988. The summed E-state index contributed by atoms with van der Waals surface area (Å²) in [5, 5.41) is 11.2. The van der Waals surface area contributed by atoms with Gasteiger partial charge in [0.25, 0.3) is 5.91 Å². The lowest BCUT2D eigenvalue weighted by Gasteiger charge is -2.05. The molecule has 0 aliphatic heterocycles. The second kappa shape index (κ2) is 7.07. The Morgan fingerprint density at radius 1 is 1.37 bits per heavy atom. The monoisotopic (exact) mass is 267 g/mol. The molecule has 102 valence electrons. The van der Waals surface area contributed by atoms with Crippen LogP contribution in [0.2, 0.25) is 0 Å². The molecule has 8 heteroatoms. The fourth-order valence-corrected chi connectivity index (χ4v) is 1.17. The summed E-state index contributed by atoms with van der Waals surface area (Å²) in [7, 11) is 0. The van der Waals surface area contributed by atoms with E-state index in [4.69, 9.17) is 15.6 Å². The number of nitrogens with zero attached hydrogens (tertiary/aromatic N) is 1. The van der Waals surface area contributed by atoms with Gasteiger partial charge in [0.15, 0.2) is 0 Å². The first-order chi connectivity index (χ1) is 9.00. The molecule has 0 saturated heterocycles. The van der Waals surface area contributed by atoms with E-state index in [2.05, 4.69) is 10.3 Å². The van der Waals surface area contributed by atoms with Crippen LogP contribution >= 0.6 is 0 Å². The maximum absolute atomic E-state index is 11.6. The summed E-state index contributed by atoms with van der Waals surface area (Å²) in [4.78, 5) is 36.1. The van der Waals surface area contributed by atoms with E-state index >= 15 is 0 Å². The number of hydrogen-bond donors (Lipinski definition) is 3. The van der Waals surface area contributed by atoms with Crippen LogP contribution in [0.15, 0.2) is 18.3 Å². The van der Waals surface area contributed by atoms with Gasteiger partial charge in [0.05, 0.1) is 12.2 Å². The topological polar surface area (TPSA) is 132 Å². The van der Waals surface area contributed by atoms with E-state index in [1.165, 1.54) is 18.3 Å². The van der Waals surface area contributed by atoms with Crippen molar-refractivity contribution in [3.8, 4) is 0 Å². The first-order valence-electron chi connectivity index (χ1n) is 5.34. The Balaban J connectivity index is 2.37. The minimum atomic E-state index is -1.16. The number of amides is 2. The molecule has 2 amide bonds. The summed E-state index contributed by atoms with van der Waals surface area (Å²) in [5.41, 5.74) is 4.95. The zero-order valence-corrected chi connectivity index (χ0v) is 9.96. The van der Waals surface area contributed by atoms with Crippen molar-refractivity contribution in [3.05, 3.63) is 29.6 Å². The van der Waals surface area contributed by atoms with Crippen molar-refractivity contribution in [1.82, 2.24) is 10.3 Å². The molecule has 4 N–H and O–H groups in total. The van der Waals surface area contributed by atoms with Crippen molar-refractivity contribution in [1.29, 1.82) is 0 Å². The number of nitrogens with two attached hydrogens (primary N) is 1. The van der Waals surface area contributed by atoms with Gasteiger partial charge in [0.1, 0.15) is 12.3 Å². The highest BCUT2D eigenvalue weighted by Crippen LogP contribution is 2.00. The summed E-state index contributed by atoms with van der Waals surface area (Å²) in [5.74, 6) is -2.15. The number of carbonyl (C=O) groups excluding carboxylic acids is 2. The molecule has 1 heterocycles. The van der Waals surface area contributed by atoms with E-state index in [9.17, 15) is 14.4 Å². The van der Waals surface area contributed by atoms with Gasteiger partial charge in [-0.3, -0.25) is 9.59 Å². The van der Waals surface area contributed by atoms with Crippen molar-refractivity contribution < 1.29 is 24.2 Å². The van der Waals surface area contributed by atoms with Crippen LogP contribution in [0.4, 0.5) is 0 Å². The molecule has 0 aliphatic carbocycles. The number of nitrogens with one attached hydrogen (secondary N) is 1. The van der Waals surface area contributed by atoms with Crippen molar-refractivity contribution in [2.24, 2.45) is 5.73 Å². The smallest absolute Gasteiger partial charge is 0.354 e. The molecule has 1 rings (SSSR count). The highest BCUT2D eigenvalue weighted by Gasteiger charge is 2.08. The molecule has 8 nitrogen and oxygen atoms in total. The summed E-state index contributed by atoms with van der Waals surface area (Å²) < 4.78 is 4.85. The fourth-order valence-electron chi connectivity index (χ4n) is 1.17. The summed E-state index contributed by atoms with van der Waals surface area (Å²) >= 11 is 0. The van der Waals surface area contributed by atoms with Crippen LogP contribution in [0.1, 0.15) is 20.8 Å². The normalized spacial score (nSPS) is 9.89. The first kappa shape index (κ1) is 14.6. The second-order valence-electron chi connectivity index (χ2n) is 3.51. The van der Waals surface area contributed by atoms with Gasteiger partial charge in [-0.25, -0.2) is 9.78 Å². The van der Waals surface area contributed by atoms with Crippen molar-refractivity contribution in [3.63, 3.8) is 0 Å². The lowest BCUT2D eigenvalue weighted by Crippen LogP contribution is -2.29. The van der Waals surface area contributed by atoms with Crippen molar-refractivity contribution in [2.45, 2.75) is 0 Å². The Bertz CT molecular complexity index is 472.